The number of guanidine groups is 1. The van der Waals surface area contributed by atoms with E-state index in [4.69, 9.17) is 9.47 Å². The van der Waals surface area contributed by atoms with E-state index in [1.807, 2.05) is 13.8 Å². The summed E-state index contributed by atoms with van der Waals surface area (Å²) in [6, 6.07) is 10.1. The standard InChI is InChI=1S/C22H29F2N3O4.HI/c1-5-25-22(26-12-16-8-14(2)6-7-20(16)31-21(23)24)27-13-19(28)15-9-17(29-3)11-18(10-15)30-4;/h6-11,19,21,28H,5,12-13H2,1-4H3,(H2,25,26,27);1H. The summed E-state index contributed by atoms with van der Waals surface area (Å²) in [5.74, 6) is 1.66. The smallest absolute Gasteiger partial charge is 0.387 e. The maximum Gasteiger partial charge on any atom is 0.387 e. The number of methoxy groups -OCH3 is 2. The number of aliphatic imine (C=N–C) groups is 1. The third kappa shape index (κ3) is 8.65. The van der Waals surface area contributed by atoms with Crippen LogP contribution in [0.4, 0.5) is 8.78 Å². The van der Waals surface area contributed by atoms with Crippen molar-refractivity contribution in [2.45, 2.75) is 33.1 Å². The number of hydrogen-bond acceptors (Lipinski definition) is 5. The van der Waals surface area contributed by atoms with Crippen LogP contribution in [0.3, 0.4) is 0 Å². The second-order valence-corrected chi connectivity index (χ2v) is 6.73. The summed E-state index contributed by atoms with van der Waals surface area (Å²) in [5, 5.41) is 16.7. The molecule has 0 saturated carbocycles. The number of halogens is 3. The number of alkyl halides is 2. The summed E-state index contributed by atoms with van der Waals surface area (Å²) in [5.41, 5.74) is 2.06. The summed E-state index contributed by atoms with van der Waals surface area (Å²) in [6.45, 7) is 1.73. The first-order valence-corrected chi connectivity index (χ1v) is 9.83. The molecule has 178 valence electrons. The van der Waals surface area contributed by atoms with E-state index in [9.17, 15) is 13.9 Å². The van der Waals surface area contributed by atoms with Crippen LogP contribution < -0.4 is 24.8 Å². The lowest BCUT2D eigenvalue weighted by atomic mass is 10.1. The van der Waals surface area contributed by atoms with E-state index < -0.39 is 12.7 Å². The Morgan fingerprint density at radius 2 is 1.72 bits per heavy atom. The number of rotatable bonds is 10. The minimum atomic E-state index is -2.91. The van der Waals surface area contributed by atoms with Crippen LogP contribution in [0.25, 0.3) is 0 Å². The van der Waals surface area contributed by atoms with Crippen molar-refractivity contribution in [3.63, 3.8) is 0 Å². The molecule has 0 saturated heterocycles. The number of aliphatic hydroxyl groups is 1. The highest BCUT2D eigenvalue weighted by Crippen LogP contribution is 2.26. The zero-order chi connectivity index (χ0) is 22.8. The van der Waals surface area contributed by atoms with Crippen molar-refractivity contribution in [2.24, 2.45) is 4.99 Å². The highest BCUT2D eigenvalue weighted by Gasteiger charge is 2.13. The molecule has 0 aliphatic heterocycles. The van der Waals surface area contributed by atoms with Crippen LogP contribution in [-0.2, 0) is 6.54 Å². The number of nitrogens with one attached hydrogen (secondary N) is 2. The van der Waals surface area contributed by atoms with Crippen LogP contribution >= 0.6 is 24.0 Å². The maximum atomic E-state index is 12.7. The van der Waals surface area contributed by atoms with Gasteiger partial charge in [-0.15, -0.1) is 24.0 Å². The Morgan fingerprint density at radius 3 is 2.28 bits per heavy atom. The number of ether oxygens (including phenoxy) is 3. The maximum absolute atomic E-state index is 12.7. The zero-order valence-corrected chi connectivity index (χ0v) is 20.9. The molecule has 0 aromatic heterocycles. The van der Waals surface area contributed by atoms with Crippen molar-refractivity contribution in [1.29, 1.82) is 0 Å². The molecule has 2 aromatic carbocycles. The van der Waals surface area contributed by atoms with E-state index in [1.165, 1.54) is 20.3 Å². The van der Waals surface area contributed by atoms with Crippen LogP contribution in [0.5, 0.6) is 17.2 Å². The number of nitrogens with zero attached hydrogens (tertiary/aromatic N) is 1. The van der Waals surface area contributed by atoms with Crippen LogP contribution in [0, 0.1) is 6.92 Å². The molecule has 0 amide bonds. The first-order chi connectivity index (χ1) is 14.9. The van der Waals surface area contributed by atoms with Gasteiger partial charge in [-0.3, -0.25) is 0 Å². The van der Waals surface area contributed by atoms with Crippen molar-refractivity contribution in [3.05, 3.63) is 53.1 Å². The van der Waals surface area contributed by atoms with Crippen molar-refractivity contribution in [1.82, 2.24) is 10.6 Å². The molecule has 10 heteroatoms. The summed E-state index contributed by atoms with van der Waals surface area (Å²) < 4.78 is 40.4. The van der Waals surface area contributed by atoms with Crippen LogP contribution in [0.1, 0.15) is 29.7 Å². The first-order valence-electron chi connectivity index (χ1n) is 9.83. The van der Waals surface area contributed by atoms with Gasteiger partial charge in [-0.2, -0.15) is 8.78 Å². The van der Waals surface area contributed by atoms with Gasteiger partial charge in [-0.1, -0.05) is 17.7 Å². The number of hydrogen-bond donors (Lipinski definition) is 3. The molecule has 0 heterocycles. The van der Waals surface area contributed by atoms with Gasteiger partial charge in [-0.05, 0) is 37.6 Å². The fourth-order valence-corrected chi connectivity index (χ4v) is 2.88. The van der Waals surface area contributed by atoms with Gasteiger partial charge in [0, 0.05) is 24.7 Å². The molecule has 3 N–H and O–H groups in total. The van der Waals surface area contributed by atoms with Gasteiger partial charge in [0.2, 0.25) is 0 Å². The molecule has 2 aromatic rings. The van der Waals surface area contributed by atoms with Gasteiger partial charge >= 0.3 is 6.61 Å². The predicted octanol–water partition coefficient (Wildman–Crippen LogP) is 4.02. The predicted molar refractivity (Wildman–Crippen MR) is 131 cm³/mol. The zero-order valence-electron chi connectivity index (χ0n) is 18.5. The van der Waals surface area contributed by atoms with Crippen molar-refractivity contribution < 1.29 is 28.1 Å². The van der Waals surface area contributed by atoms with Gasteiger partial charge in [-0.25, -0.2) is 4.99 Å². The van der Waals surface area contributed by atoms with E-state index in [1.54, 1.807) is 30.3 Å². The minimum absolute atomic E-state index is 0. The molecule has 0 fully saturated rings. The van der Waals surface area contributed by atoms with E-state index in [0.29, 0.717) is 35.1 Å². The fourth-order valence-electron chi connectivity index (χ4n) is 2.88. The van der Waals surface area contributed by atoms with E-state index in [0.717, 1.165) is 5.56 Å². The molecule has 0 aliphatic carbocycles. The van der Waals surface area contributed by atoms with Crippen molar-refractivity contribution >= 4 is 29.9 Å². The lowest BCUT2D eigenvalue weighted by molar-refractivity contribution is -0.0504. The molecular formula is C22H30F2IN3O4. The molecule has 0 bridgehead atoms. The van der Waals surface area contributed by atoms with Crippen LogP contribution in [0.15, 0.2) is 41.4 Å². The number of aryl methyl sites for hydroxylation is 1. The summed E-state index contributed by atoms with van der Waals surface area (Å²) in [7, 11) is 3.08. The number of aliphatic hydroxyl groups excluding tert-OH is 1. The Hall–Kier alpha value is -2.34. The van der Waals surface area contributed by atoms with Crippen molar-refractivity contribution in [3.8, 4) is 17.2 Å². The molecule has 7 nitrogen and oxygen atoms in total. The monoisotopic (exact) mass is 565 g/mol. The third-order valence-electron chi connectivity index (χ3n) is 4.41. The summed E-state index contributed by atoms with van der Waals surface area (Å²) in [6.07, 6.45) is -0.857. The molecule has 1 unspecified atom stereocenters. The Labute approximate surface area is 204 Å². The highest BCUT2D eigenvalue weighted by atomic mass is 127. The SMILES string of the molecule is CCNC(=NCc1cc(C)ccc1OC(F)F)NCC(O)c1cc(OC)cc(OC)c1.I. The second-order valence-electron chi connectivity index (χ2n) is 6.73. The van der Waals surface area contributed by atoms with Crippen molar-refractivity contribution in [2.75, 3.05) is 27.3 Å². The lowest BCUT2D eigenvalue weighted by Gasteiger charge is -2.17. The molecule has 0 aliphatic rings. The Bertz CT molecular complexity index is 862. The Kier molecular flexibility index (Phi) is 12.1. The van der Waals surface area contributed by atoms with E-state index in [2.05, 4.69) is 20.4 Å². The van der Waals surface area contributed by atoms with Gasteiger partial charge in [0.05, 0.1) is 26.9 Å². The first kappa shape index (κ1) is 27.7. The summed E-state index contributed by atoms with van der Waals surface area (Å²) in [4.78, 5) is 4.43. The topological polar surface area (TPSA) is 84.3 Å². The quantitative estimate of drug-likeness (QED) is 0.230. The van der Waals surface area contributed by atoms with Gasteiger partial charge in [0.25, 0.3) is 0 Å². The highest BCUT2D eigenvalue weighted by molar-refractivity contribution is 14.0. The largest absolute Gasteiger partial charge is 0.497 e. The van der Waals surface area contributed by atoms with E-state index >= 15 is 0 Å². The van der Waals surface area contributed by atoms with Crippen LogP contribution in [-0.4, -0.2) is 45.0 Å². The third-order valence-corrected chi connectivity index (χ3v) is 4.41. The Balaban J connectivity index is 0.00000512. The molecule has 2 rings (SSSR count). The normalized spacial score (nSPS) is 12.1. The molecular weight excluding hydrogens is 535 g/mol. The van der Waals surface area contributed by atoms with Gasteiger partial charge in [0.1, 0.15) is 17.2 Å². The summed E-state index contributed by atoms with van der Waals surface area (Å²) >= 11 is 0. The fraction of sp³-hybridized carbons (Fsp3) is 0.409. The molecule has 0 radical (unpaired) electrons. The average Bonchev–Trinajstić information content (AvgIpc) is 2.76. The molecule has 1 atom stereocenters. The minimum Gasteiger partial charge on any atom is -0.497 e. The molecule has 32 heavy (non-hydrogen) atoms. The average molecular weight is 565 g/mol. The van der Waals surface area contributed by atoms with Gasteiger partial charge in [0.15, 0.2) is 5.96 Å². The Morgan fingerprint density at radius 1 is 1.06 bits per heavy atom. The number of benzene rings is 2. The second kappa shape index (κ2) is 13.9. The lowest BCUT2D eigenvalue weighted by Crippen LogP contribution is -2.39. The molecule has 0 spiro atoms. The van der Waals surface area contributed by atoms with Gasteiger partial charge < -0.3 is 30.0 Å². The van der Waals surface area contributed by atoms with Crippen LogP contribution in [0.2, 0.25) is 0 Å². The van der Waals surface area contributed by atoms with E-state index in [-0.39, 0.29) is 42.8 Å².